The van der Waals surface area contributed by atoms with E-state index in [0.29, 0.717) is 23.1 Å². The molecule has 0 spiro atoms. The molecule has 2 bridgehead atoms. The van der Waals surface area contributed by atoms with Crippen LogP contribution in [0.3, 0.4) is 0 Å². The van der Waals surface area contributed by atoms with Crippen LogP contribution in [0.1, 0.15) is 60.4 Å². The van der Waals surface area contributed by atoms with Crippen molar-refractivity contribution in [2.24, 2.45) is 24.6 Å². The van der Waals surface area contributed by atoms with Crippen molar-refractivity contribution in [3.8, 4) is 17.3 Å². The number of benzene rings is 2. The summed E-state index contributed by atoms with van der Waals surface area (Å²) in [6.07, 6.45) is 7.04. The Labute approximate surface area is 240 Å². The van der Waals surface area contributed by atoms with E-state index in [-0.39, 0.29) is 18.0 Å². The van der Waals surface area contributed by atoms with Crippen LogP contribution in [-0.2, 0) is 13.6 Å². The third-order valence-electron chi connectivity index (χ3n) is 10.4. The van der Waals surface area contributed by atoms with Crippen LogP contribution in [0.2, 0.25) is 0 Å². The molecule has 2 aliphatic carbocycles. The Morgan fingerprint density at radius 3 is 2.61 bits per heavy atom. The number of hydrogen-bond donors (Lipinski definition) is 2. The van der Waals surface area contributed by atoms with Crippen LogP contribution in [0.4, 0.5) is 0 Å². The molecule has 3 atom stereocenters. The summed E-state index contributed by atoms with van der Waals surface area (Å²) in [5.41, 5.74) is 12.8. The molecule has 2 aromatic carbocycles. The summed E-state index contributed by atoms with van der Waals surface area (Å²) in [5.74, 6) is 3.35. The third kappa shape index (κ3) is 4.02. The van der Waals surface area contributed by atoms with Gasteiger partial charge in [0, 0.05) is 43.2 Å². The smallest absolute Gasteiger partial charge is 0.254 e. The van der Waals surface area contributed by atoms with Gasteiger partial charge in [-0.2, -0.15) is 0 Å². The molecule has 214 valence electrons. The van der Waals surface area contributed by atoms with Crippen LogP contribution >= 0.6 is 0 Å². The molecule has 0 radical (unpaired) electrons. The zero-order valence-corrected chi connectivity index (χ0v) is 24.1. The highest BCUT2D eigenvalue weighted by Crippen LogP contribution is 2.42. The highest BCUT2D eigenvalue weighted by Gasteiger charge is 2.47. The number of nitrogens with zero attached hydrogens (tertiary/aromatic N) is 4. The number of nitrogens with one attached hydrogen (secondary N) is 1. The van der Waals surface area contributed by atoms with Gasteiger partial charge in [-0.1, -0.05) is 18.2 Å². The van der Waals surface area contributed by atoms with E-state index in [0.717, 1.165) is 67.5 Å². The number of rotatable bonds is 6. The molecule has 4 aliphatic rings. The van der Waals surface area contributed by atoms with E-state index >= 15 is 0 Å². The second-order valence-electron chi connectivity index (χ2n) is 12.9. The molecule has 1 amide bonds. The summed E-state index contributed by atoms with van der Waals surface area (Å²) in [5, 5.41) is 4.81. The van der Waals surface area contributed by atoms with Crippen LogP contribution in [0, 0.1) is 11.8 Å². The average Bonchev–Trinajstić information content (AvgIpc) is 3.39. The second kappa shape index (κ2) is 9.60. The molecule has 0 unspecified atom stereocenters. The zero-order valence-electron chi connectivity index (χ0n) is 24.1. The molecule has 4 aromatic rings. The zero-order chi connectivity index (χ0) is 27.8. The van der Waals surface area contributed by atoms with Crippen molar-refractivity contribution in [1.82, 2.24) is 24.3 Å². The summed E-state index contributed by atoms with van der Waals surface area (Å²) in [6.45, 7) is 3.92. The van der Waals surface area contributed by atoms with E-state index in [1.165, 1.54) is 42.1 Å². The fourth-order valence-corrected chi connectivity index (χ4v) is 8.02. The molecule has 4 fully saturated rings. The molecule has 8 heteroatoms. The van der Waals surface area contributed by atoms with E-state index in [1.807, 2.05) is 17.0 Å². The van der Waals surface area contributed by atoms with Crippen molar-refractivity contribution in [2.75, 3.05) is 26.7 Å². The van der Waals surface area contributed by atoms with E-state index in [2.05, 4.69) is 45.8 Å². The van der Waals surface area contributed by atoms with E-state index in [4.69, 9.17) is 15.5 Å². The predicted octanol–water partition coefficient (Wildman–Crippen LogP) is 4.64. The van der Waals surface area contributed by atoms with E-state index in [9.17, 15) is 4.79 Å². The monoisotopic (exact) mass is 552 g/mol. The molecule has 3 N–H and O–H groups in total. The largest absolute Gasteiger partial charge is 0.494 e. The van der Waals surface area contributed by atoms with Crippen molar-refractivity contribution in [1.29, 1.82) is 0 Å². The summed E-state index contributed by atoms with van der Waals surface area (Å²) >= 11 is 0. The fraction of sp³-hybridized carbons (Fsp3) is 0.515. The number of fused-ring (bicyclic) bond motifs is 4. The van der Waals surface area contributed by atoms with Crippen molar-refractivity contribution >= 4 is 27.8 Å². The number of aromatic nitrogens is 3. The molecular weight excluding hydrogens is 512 g/mol. The van der Waals surface area contributed by atoms with Crippen molar-refractivity contribution in [2.45, 2.75) is 63.1 Å². The molecule has 2 aromatic heterocycles. The van der Waals surface area contributed by atoms with Crippen molar-refractivity contribution < 1.29 is 9.53 Å². The lowest BCUT2D eigenvalue weighted by atomic mass is 9.89. The van der Waals surface area contributed by atoms with Crippen molar-refractivity contribution in [3.63, 3.8) is 0 Å². The standard InChI is InChI=1S/C33H40N6O2/c1-37-31-25(14-23(16-28(31)41-2)33(40)39-18-22-8-9-26(39)29(22)34)36-32(37)27-15-21-4-3-5-24(20-10-12-35-13-11-20)30(21)38(27)17-19-6-7-19/h3-5,14-16,19-20,22,26,29,35H,6-13,17-18,34H2,1-2H3/t22-,26-,29-/m1/s1. The Morgan fingerprint density at radius 2 is 1.90 bits per heavy atom. The first kappa shape index (κ1) is 25.4. The molecule has 2 saturated carbocycles. The number of likely N-dealkylation sites (tertiary alicyclic amines) is 1. The molecule has 4 heterocycles. The summed E-state index contributed by atoms with van der Waals surface area (Å²) in [4.78, 5) is 20.9. The number of aryl methyl sites for hydroxylation is 1. The highest BCUT2D eigenvalue weighted by atomic mass is 16.5. The van der Waals surface area contributed by atoms with Crippen LogP contribution < -0.4 is 15.8 Å². The van der Waals surface area contributed by atoms with Gasteiger partial charge >= 0.3 is 0 Å². The third-order valence-corrected chi connectivity index (χ3v) is 10.4. The Kier molecular flexibility index (Phi) is 5.94. The number of imidazole rings is 1. The molecule has 8 nitrogen and oxygen atoms in total. The number of nitrogens with two attached hydrogens (primary N) is 1. The maximum atomic E-state index is 13.7. The number of amides is 1. The van der Waals surface area contributed by atoms with Gasteiger partial charge in [-0.3, -0.25) is 4.79 Å². The minimum atomic E-state index is 0.0366. The molecule has 8 rings (SSSR count). The van der Waals surface area contributed by atoms with Gasteiger partial charge in [0.25, 0.3) is 5.91 Å². The van der Waals surface area contributed by atoms with Gasteiger partial charge in [0.05, 0.1) is 23.8 Å². The first-order chi connectivity index (χ1) is 20.0. The lowest BCUT2D eigenvalue weighted by molar-refractivity contribution is 0.0700. The van der Waals surface area contributed by atoms with Gasteiger partial charge in [0.1, 0.15) is 11.3 Å². The predicted molar refractivity (Wildman–Crippen MR) is 161 cm³/mol. The lowest BCUT2D eigenvalue weighted by Gasteiger charge is -2.27. The minimum absolute atomic E-state index is 0.0366. The normalized spacial score (nSPS) is 24.7. The van der Waals surface area contributed by atoms with E-state index < -0.39 is 0 Å². The Hall–Kier alpha value is -3.36. The maximum Gasteiger partial charge on any atom is 0.254 e. The van der Waals surface area contributed by atoms with Crippen molar-refractivity contribution in [3.05, 3.63) is 47.5 Å². The van der Waals surface area contributed by atoms with Crippen LogP contribution in [0.25, 0.3) is 33.5 Å². The fourth-order valence-electron chi connectivity index (χ4n) is 8.02. The van der Waals surface area contributed by atoms with Gasteiger partial charge in [0.15, 0.2) is 5.82 Å². The van der Waals surface area contributed by atoms with Crippen LogP contribution in [0.5, 0.6) is 5.75 Å². The minimum Gasteiger partial charge on any atom is -0.494 e. The first-order valence-electron chi connectivity index (χ1n) is 15.5. The Balaban J connectivity index is 1.25. The molecular formula is C33H40N6O2. The summed E-state index contributed by atoms with van der Waals surface area (Å²) < 4.78 is 10.6. The van der Waals surface area contributed by atoms with Gasteiger partial charge in [-0.25, -0.2) is 4.98 Å². The van der Waals surface area contributed by atoms with Crippen LogP contribution in [-0.4, -0.2) is 63.8 Å². The Bertz CT molecular complexity index is 1660. The average molecular weight is 553 g/mol. The number of ether oxygens (including phenoxy) is 1. The topological polar surface area (TPSA) is 90.3 Å². The van der Waals surface area contributed by atoms with Crippen LogP contribution in [0.15, 0.2) is 36.4 Å². The number of carbonyl (C=O) groups is 1. The van der Waals surface area contributed by atoms with Gasteiger partial charge in [0.2, 0.25) is 0 Å². The van der Waals surface area contributed by atoms with Gasteiger partial charge in [-0.05, 0) is 93.1 Å². The number of carbonyl (C=O) groups excluding carboxylic acids is 1. The highest BCUT2D eigenvalue weighted by molar-refractivity contribution is 6.00. The van der Waals surface area contributed by atoms with E-state index in [1.54, 1.807) is 7.11 Å². The van der Waals surface area contributed by atoms with Gasteiger partial charge in [-0.15, -0.1) is 0 Å². The lowest BCUT2D eigenvalue weighted by Crippen LogP contribution is -2.41. The summed E-state index contributed by atoms with van der Waals surface area (Å²) in [6, 6.07) is 13.2. The number of methoxy groups -OCH3 is 1. The SMILES string of the molecule is COc1cc(C(=O)N2C[C@H]3CC[C@@H]2[C@@H]3N)cc2nc(-c3cc4cccc(C5CCNCC5)c4n3CC3CC3)n(C)c12. The number of hydrogen-bond acceptors (Lipinski definition) is 5. The van der Waals surface area contributed by atoms with Gasteiger partial charge < -0.3 is 29.8 Å². The molecule has 2 aliphatic heterocycles. The molecule has 41 heavy (non-hydrogen) atoms. The maximum absolute atomic E-state index is 13.7. The first-order valence-corrected chi connectivity index (χ1v) is 15.5. The Morgan fingerprint density at radius 1 is 1.07 bits per heavy atom. The quantitative estimate of drug-likeness (QED) is 0.364. The number of piperidine rings is 2. The number of para-hydroxylation sites is 1. The summed E-state index contributed by atoms with van der Waals surface area (Å²) in [7, 11) is 3.75. The second-order valence-corrected chi connectivity index (χ2v) is 12.9. The molecule has 2 saturated heterocycles.